The Kier molecular flexibility index (Phi) is 8.55. The molecular weight excluding hydrogens is 498 g/mol. The van der Waals surface area contributed by atoms with Gasteiger partial charge in [-0.05, 0) is 35.2 Å². The Hall–Kier alpha value is -4.05. The number of aromatic nitrogens is 1. The second kappa shape index (κ2) is 11.6. The molecule has 1 aromatic heterocycles. The fourth-order valence-electron chi connectivity index (χ4n) is 3.43. The second-order valence-electron chi connectivity index (χ2n) is 8.07. The molecule has 4 N–H and O–H groups in total. The third-order valence-corrected chi connectivity index (χ3v) is 6.64. The van der Waals surface area contributed by atoms with Crippen molar-refractivity contribution < 1.29 is 14.7 Å². The molecule has 0 fully saturated rings. The number of hydrogen-bond donors (Lipinski definition) is 3. The van der Waals surface area contributed by atoms with Crippen LogP contribution in [0.3, 0.4) is 0 Å². The number of amides is 1. The van der Waals surface area contributed by atoms with Crippen molar-refractivity contribution >= 4 is 46.7 Å². The summed E-state index contributed by atoms with van der Waals surface area (Å²) in [5.41, 5.74) is 8.78. The maximum Gasteiger partial charge on any atom is 0.335 e. The van der Waals surface area contributed by atoms with Gasteiger partial charge in [0.25, 0.3) is 0 Å². The van der Waals surface area contributed by atoms with Crippen LogP contribution in [0.4, 0.5) is 11.5 Å². The summed E-state index contributed by atoms with van der Waals surface area (Å²) < 4.78 is 0. The second-order valence-corrected chi connectivity index (χ2v) is 9.56. The fourth-order valence-corrected chi connectivity index (χ4v) is 4.53. The van der Waals surface area contributed by atoms with Crippen molar-refractivity contribution in [3.8, 4) is 23.3 Å². The van der Waals surface area contributed by atoms with Gasteiger partial charge in [-0.25, -0.2) is 9.78 Å². The number of rotatable bonds is 8. The minimum atomic E-state index is -1.14. The highest BCUT2D eigenvalue weighted by atomic mass is 35.5. The molecule has 2 aromatic carbocycles. The molecule has 0 saturated heterocycles. The van der Waals surface area contributed by atoms with Crippen molar-refractivity contribution in [1.82, 2.24) is 4.98 Å². The molecule has 10 heteroatoms. The molecule has 0 saturated carbocycles. The number of hydrogen-bond acceptors (Lipinski definition) is 7. The Morgan fingerprint density at radius 2 is 1.81 bits per heavy atom. The van der Waals surface area contributed by atoms with Gasteiger partial charge in [0.1, 0.15) is 28.5 Å². The van der Waals surface area contributed by atoms with E-state index in [1.807, 2.05) is 24.3 Å². The van der Waals surface area contributed by atoms with Crippen molar-refractivity contribution in [2.45, 2.75) is 31.2 Å². The standard InChI is InChI=1S/C26H22ClN5O3S/c1-14(2)15-3-5-16(6-4-15)23-18(12-28)24(30)32-25(19(23)13-29)36-10-9-22(33)31-21-11-17(26(34)35)7-8-20(21)27/h3-8,11,14H,9-10H2,1-2H3,(H2,30,32)(H,31,33)(H,34,35). The molecule has 182 valence electrons. The minimum absolute atomic E-state index is 0.00338. The van der Waals surface area contributed by atoms with Gasteiger partial charge in [-0.2, -0.15) is 10.5 Å². The number of benzene rings is 2. The SMILES string of the molecule is CC(C)c1ccc(-c2c(C#N)c(N)nc(SCCC(=O)Nc3cc(C(=O)O)ccc3Cl)c2C#N)cc1. The number of halogens is 1. The van der Waals surface area contributed by atoms with Gasteiger partial charge < -0.3 is 16.2 Å². The fraction of sp³-hybridized carbons (Fsp3) is 0.192. The third kappa shape index (κ3) is 5.95. The van der Waals surface area contributed by atoms with Crippen molar-refractivity contribution in [2.75, 3.05) is 16.8 Å². The molecule has 0 spiro atoms. The first kappa shape index (κ1) is 26.6. The number of nitriles is 2. The summed E-state index contributed by atoms with van der Waals surface area (Å²) >= 11 is 7.23. The summed E-state index contributed by atoms with van der Waals surface area (Å²) in [5, 5.41) is 31.9. The van der Waals surface area contributed by atoms with Crippen LogP contribution >= 0.6 is 23.4 Å². The summed E-state index contributed by atoms with van der Waals surface area (Å²) in [6.45, 7) is 4.14. The highest BCUT2D eigenvalue weighted by molar-refractivity contribution is 7.99. The quantitative estimate of drug-likeness (QED) is 0.322. The molecule has 1 heterocycles. The highest BCUT2D eigenvalue weighted by Gasteiger charge is 2.21. The van der Waals surface area contributed by atoms with Crippen molar-refractivity contribution in [3.63, 3.8) is 0 Å². The lowest BCUT2D eigenvalue weighted by atomic mass is 9.94. The zero-order chi connectivity index (χ0) is 26.4. The molecule has 0 bridgehead atoms. The van der Waals surface area contributed by atoms with Crippen LogP contribution in [0.1, 0.15) is 53.2 Å². The number of nitrogen functional groups attached to an aromatic ring is 1. The van der Waals surface area contributed by atoms with E-state index in [4.69, 9.17) is 22.4 Å². The Labute approximate surface area is 217 Å². The van der Waals surface area contributed by atoms with Crippen LogP contribution in [0.2, 0.25) is 5.02 Å². The van der Waals surface area contributed by atoms with E-state index >= 15 is 0 Å². The Bertz CT molecular complexity index is 1410. The van der Waals surface area contributed by atoms with Crippen LogP contribution in [0.15, 0.2) is 47.5 Å². The number of thioether (sulfide) groups is 1. The number of nitrogens with two attached hydrogens (primary N) is 1. The zero-order valence-corrected chi connectivity index (χ0v) is 21.1. The largest absolute Gasteiger partial charge is 0.478 e. The van der Waals surface area contributed by atoms with E-state index in [0.717, 1.165) is 17.3 Å². The average molecular weight is 520 g/mol. The molecule has 0 aliphatic heterocycles. The predicted octanol–water partition coefficient (Wildman–Crippen LogP) is 5.67. The number of carbonyl (C=O) groups excluding carboxylic acids is 1. The molecule has 0 aliphatic rings. The first-order valence-corrected chi connectivity index (χ1v) is 12.2. The molecule has 0 radical (unpaired) electrons. The minimum Gasteiger partial charge on any atom is -0.478 e. The van der Waals surface area contributed by atoms with Gasteiger partial charge in [0.05, 0.1) is 21.8 Å². The van der Waals surface area contributed by atoms with E-state index in [0.29, 0.717) is 22.1 Å². The Morgan fingerprint density at radius 3 is 2.39 bits per heavy atom. The lowest BCUT2D eigenvalue weighted by Crippen LogP contribution is -2.13. The zero-order valence-electron chi connectivity index (χ0n) is 19.5. The van der Waals surface area contributed by atoms with Gasteiger partial charge in [0.2, 0.25) is 5.91 Å². The molecule has 8 nitrogen and oxygen atoms in total. The van der Waals surface area contributed by atoms with E-state index in [-0.39, 0.29) is 45.4 Å². The monoisotopic (exact) mass is 519 g/mol. The van der Waals surface area contributed by atoms with Crippen LogP contribution in [0, 0.1) is 22.7 Å². The molecule has 3 rings (SSSR count). The van der Waals surface area contributed by atoms with Crippen molar-refractivity contribution in [1.29, 1.82) is 10.5 Å². The predicted molar refractivity (Wildman–Crippen MR) is 140 cm³/mol. The highest BCUT2D eigenvalue weighted by Crippen LogP contribution is 2.36. The number of carbonyl (C=O) groups is 2. The smallest absolute Gasteiger partial charge is 0.335 e. The number of pyridine rings is 1. The first-order valence-electron chi connectivity index (χ1n) is 10.9. The maximum atomic E-state index is 12.4. The number of anilines is 2. The Balaban J connectivity index is 1.82. The number of aromatic carboxylic acids is 1. The Morgan fingerprint density at radius 1 is 1.14 bits per heavy atom. The van der Waals surface area contributed by atoms with Crippen LogP contribution in [-0.4, -0.2) is 27.7 Å². The normalized spacial score (nSPS) is 10.5. The van der Waals surface area contributed by atoms with Gasteiger partial charge in [-0.3, -0.25) is 4.79 Å². The number of carboxylic acid groups (broad SMARTS) is 1. The van der Waals surface area contributed by atoms with Gasteiger partial charge >= 0.3 is 5.97 Å². The summed E-state index contributed by atoms with van der Waals surface area (Å²) in [7, 11) is 0. The van der Waals surface area contributed by atoms with Crippen molar-refractivity contribution in [2.24, 2.45) is 0 Å². The van der Waals surface area contributed by atoms with Gasteiger partial charge in [-0.1, -0.05) is 49.7 Å². The number of nitrogens with one attached hydrogen (secondary N) is 1. The first-order chi connectivity index (χ1) is 17.2. The van der Waals surface area contributed by atoms with E-state index < -0.39 is 11.9 Å². The summed E-state index contributed by atoms with van der Waals surface area (Å²) in [4.78, 5) is 27.9. The van der Waals surface area contributed by atoms with E-state index in [1.165, 1.54) is 18.2 Å². The molecule has 36 heavy (non-hydrogen) atoms. The topological polar surface area (TPSA) is 153 Å². The molecule has 0 atom stereocenters. The molecule has 0 unspecified atom stereocenters. The molecular formula is C26H22ClN5O3S. The van der Waals surface area contributed by atoms with Crippen LogP contribution < -0.4 is 11.1 Å². The number of carboxylic acids is 1. The van der Waals surface area contributed by atoms with Crippen LogP contribution in [0.25, 0.3) is 11.1 Å². The summed E-state index contributed by atoms with van der Waals surface area (Å²) in [6.07, 6.45) is 0.0309. The van der Waals surface area contributed by atoms with Gasteiger partial charge in [0, 0.05) is 17.7 Å². The van der Waals surface area contributed by atoms with Gasteiger partial charge in [0.15, 0.2) is 0 Å². The number of nitrogens with zero attached hydrogens (tertiary/aromatic N) is 3. The molecule has 3 aromatic rings. The van der Waals surface area contributed by atoms with Crippen LogP contribution in [0.5, 0.6) is 0 Å². The lowest BCUT2D eigenvalue weighted by Gasteiger charge is -2.14. The summed E-state index contributed by atoms with van der Waals surface area (Å²) in [5.74, 6) is -0.951. The molecule has 1 amide bonds. The summed E-state index contributed by atoms with van der Waals surface area (Å²) in [6, 6.07) is 15.8. The van der Waals surface area contributed by atoms with Crippen molar-refractivity contribution in [3.05, 3.63) is 69.7 Å². The van der Waals surface area contributed by atoms with E-state index in [1.54, 1.807) is 0 Å². The van der Waals surface area contributed by atoms with Crippen LogP contribution in [-0.2, 0) is 4.79 Å². The van der Waals surface area contributed by atoms with Gasteiger partial charge in [-0.15, -0.1) is 11.8 Å². The van der Waals surface area contributed by atoms with E-state index in [9.17, 15) is 20.1 Å². The van der Waals surface area contributed by atoms with E-state index in [2.05, 4.69) is 36.3 Å². The lowest BCUT2D eigenvalue weighted by molar-refractivity contribution is -0.115. The third-order valence-electron chi connectivity index (χ3n) is 5.34. The molecule has 0 aliphatic carbocycles. The average Bonchev–Trinajstić information content (AvgIpc) is 2.84. The maximum absolute atomic E-state index is 12.4.